The van der Waals surface area contributed by atoms with Crippen LogP contribution in [0.15, 0.2) is 0 Å². The summed E-state index contributed by atoms with van der Waals surface area (Å²) in [6.45, 7) is 4.73. The van der Waals surface area contributed by atoms with Gasteiger partial charge in [0.1, 0.15) is 0 Å². The number of nitrogens with zero attached hydrogens (tertiary/aromatic N) is 1. The van der Waals surface area contributed by atoms with E-state index in [1.807, 2.05) is 11.8 Å². The van der Waals surface area contributed by atoms with E-state index in [4.69, 9.17) is 5.73 Å². The molecular formula is C10H22N2S. The highest BCUT2D eigenvalue weighted by Crippen LogP contribution is 2.15. The van der Waals surface area contributed by atoms with Crippen LogP contribution in [0.3, 0.4) is 0 Å². The van der Waals surface area contributed by atoms with Gasteiger partial charge in [0.15, 0.2) is 0 Å². The fourth-order valence-corrected chi connectivity index (χ4v) is 2.30. The van der Waals surface area contributed by atoms with Crippen molar-refractivity contribution < 1.29 is 0 Å². The summed E-state index contributed by atoms with van der Waals surface area (Å²) in [6, 6.07) is 0. The molecule has 3 heteroatoms. The van der Waals surface area contributed by atoms with Gasteiger partial charge in [-0.2, -0.15) is 11.8 Å². The molecule has 0 aromatic carbocycles. The van der Waals surface area contributed by atoms with E-state index in [0.717, 1.165) is 12.5 Å². The van der Waals surface area contributed by atoms with Gasteiger partial charge in [-0.05, 0) is 63.4 Å². The smallest absolute Gasteiger partial charge is 0.00109 e. The van der Waals surface area contributed by atoms with Gasteiger partial charge < -0.3 is 10.6 Å². The predicted molar refractivity (Wildman–Crippen MR) is 61.2 cm³/mol. The molecule has 0 radical (unpaired) electrons. The van der Waals surface area contributed by atoms with Crippen molar-refractivity contribution in [1.82, 2.24) is 4.90 Å². The molecule has 0 aliphatic carbocycles. The van der Waals surface area contributed by atoms with Crippen LogP contribution in [-0.4, -0.2) is 43.1 Å². The van der Waals surface area contributed by atoms with E-state index >= 15 is 0 Å². The van der Waals surface area contributed by atoms with E-state index in [-0.39, 0.29) is 0 Å². The Morgan fingerprint density at radius 3 is 2.62 bits per heavy atom. The Balaban J connectivity index is 2.03. The van der Waals surface area contributed by atoms with Crippen molar-refractivity contribution in [1.29, 1.82) is 0 Å². The molecular weight excluding hydrogens is 180 g/mol. The number of hydrogen-bond donors (Lipinski definition) is 1. The molecule has 1 fully saturated rings. The van der Waals surface area contributed by atoms with Crippen molar-refractivity contribution in [2.45, 2.75) is 19.3 Å². The Bertz CT molecular complexity index is 119. The molecule has 0 spiro atoms. The third-order valence-corrected chi connectivity index (χ3v) is 3.56. The summed E-state index contributed by atoms with van der Waals surface area (Å²) in [5, 5.41) is 0. The fourth-order valence-electron chi connectivity index (χ4n) is 1.88. The van der Waals surface area contributed by atoms with Crippen LogP contribution in [0, 0.1) is 5.92 Å². The average Bonchev–Trinajstić information content (AvgIpc) is 2.19. The van der Waals surface area contributed by atoms with Crippen LogP contribution in [0.4, 0.5) is 0 Å². The Morgan fingerprint density at radius 1 is 1.38 bits per heavy atom. The first kappa shape index (κ1) is 11.3. The molecule has 13 heavy (non-hydrogen) atoms. The normalized spacial score (nSPS) is 20.8. The lowest BCUT2D eigenvalue weighted by Crippen LogP contribution is -2.36. The van der Waals surface area contributed by atoms with Crippen LogP contribution in [-0.2, 0) is 0 Å². The number of likely N-dealkylation sites (tertiary alicyclic amines) is 1. The van der Waals surface area contributed by atoms with Gasteiger partial charge in [-0.15, -0.1) is 0 Å². The molecule has 0 saturated carbocycles. The summed E-state index contributed by atoms with van der Waals surface area (Å²) in [6.07, 6.45) is 6.15. The standard InChI is InChI=1S/C10H22N2S/c1-13-8-2-5-12-6-3-10(9-11)4-7-12/h10H,2-9,11H2,1H3. The SMILES string of the molecule is CSCCCN1CCC(CN)CC1. The highest BCUT2D eigenvalue weighted by molar-refractivity contribution is 7.98. The van der Waals surface area contributed by atoms with Crippen molar-refractivity contribution in [2.75, 3.05) is 38.2 Å². The Morgan fingerprint density at radius 2 is 2.08 bits per heavy atom. The van der Waals surface area contributed by atoms with E-state index in [1.165, 1.54) is 44.6 Å². The van der Waals surface area contributed by atoms with Gasteiger partial charge in [-0.3, -0.25) is 0 Å². The van der Waals surface area contributed by atoms with Crippen molar-refractivity contribution in [3.8, 4) is 0 Å². The maximum absolute atomic E-state index is 5.65. The van der Waals surface area contributed by atoms with Crippen LogP contribution >= 0.6 is 11.8 Å². The second kappa shape index (κ2) is 6.68. The summed E-state index contributed by atoms with van der Waals surface area (Å²) >= 11 is 1.95. The Kier molecular flexibility index (Phi) is 5.83. The molecule has 0 unspecified atom stereocenters. The van der Waals surface area contributed by atoms with Crippen molar-refractivity contribution in [3.05, 3.63) is 0 Å². The van der Waals surface area contributed by atoms with Gasteiger partial charge in [-0.1, -0.05) is 0 Å². The first-order chi connectivity index (χ1) is 6.36. The fraction of sp³-hybridized carbons (Fsp3) is 1.00. The summed E-state index contributed by atoms with van der Waals surface area (Å²) in [5.41, 5.74) is 5.65. The molecule has 78 valence electrons. The summed E-state index contributed by atoms with van der Waals surface area (Å²) in [4.78, 5) is 2.59. The zero-order chi connectivity index (χ0) is 9.52. The minimum absolute atomic E-state index is 0.803. The zero-order valence-corrected chi connectivity index (χ0v) is 9.48. The second-order valence-electron chi connectivity index (χ2n) is 3.87. The Labute approximate surface area is 86.2 Å². The van der Waals surface area contributed by atoms with Crippen molar-refractivity contribution in [3.63, 3.8) is 0 Å². The number of hydrogen-bond acceptors (Lipinski definition) is 3. The van der Waals surface area contributed by atoms with Gasteiger partial charge in [0.2, 0.25) is 0 Å². The van der Waals surface area contributed by atoms with Crippen LogP contribution < -0.4 is 5.73 Å². The minimum atomic E-state index is 0.803. The highest BCUT2D eigenvalue weighted by atomic mass is 32.2. The topological polar surface area (TPSA) is 29.3 Å². The number of thioether (sulfide) groups is 1. The Hall–Kier alpha value is 0.270. The summed E-state index contributed by atoms with van der Waals surface area (Å²) in [7, 11) is 0. The van der Waals surface area contributed by atoms with Gasteiger partial charge >= 0.3 is 0 Å². The predicted octanol–water partition coefficient (Wildman–Crippen LogP) is 1.41. The van der Waals surface area contributed by atoms with Crippen LogP contribution in [0.2, 0.25) is 0 Å². The van der Waals surface area contributed by atoms with Gasteiger partial charge in [-0.25, -0.2) is 0 Å². The molecule has 0 atom stereocenters. The van der Waals surface area contributed by atoms with Crippen molar-refractivity contribution >= 4 is 11.8 Å². The molecule has 1 heterocycles. The number of rotatable bonds is 5. The molecule has 1 saturated heterocycles. The van der Waals surface area contributed by atoms with Crippen molar-refractivity contribution in [2.24, 2.45) is 11.7 Å². The van der Waals surface area contributed by atoms with Gasteiger partial charge in [0.05, 0.1) is 0 Å². The first-order valence-corrected chi connectivity index (χ1v) is 6.67. The lowest BCUT2D eigenvalue weighted by Gasteiger charge is -2.31. The molecule has 0 aromatic rings. The molecule has 0 amide bonds. The average molecular weight is 202 g/mol. The van der Waals surface area contributed by atoms with E-state index in [9.17, 15) is 0 Å². The zero-order valence-electron chi connectivity index (χ0n) is 8.67. The largest absolute Gasteiger partial charge is 0.330 e. The lowest BCUT2D eigenvalue weighted by molar-refractivity contribution is 0.188. The number of nitrogens with two attached hydrogens (primary N) is 1. The molecule has 0 aromatic heterocycles. The van der Waals surface area contributed by atoms with E-state index in [0.29, 0.717) is 0 Å². The van der Waals surface area contributed by atoms with Gasteiger partial charge in [0, 0.05) is 0 Å². The van der Waals surface area contributed by atoms with E-state index < -0.39 is 0 Å². The van der Waals surface area contributed by atoms with Crippen LogP contribution in [0.25, 0.3) is 0 Å². The first-order valence-electron chi connectivity index (χ1n) is 5.28. The quantitative estimate of drug-likeness (QED) is 0.684. The van der Waals surface area contributed by atoms with Gasteiger partial charge in [0.25, 0.3) is 0 Å². The summed E-state index contributed by atoms with van der Waals surface area (Å²) < 4.78 is 0. The van der Waals surface area contributed by atoms with Crippen LogP contribution in [0.5, 0.6) is 0 Å². The summed E-state index contributed by atoms with van der Waals surface area (Å²) in [5.74, 6) is 2.10. The molecule has 1 aliphatic rings. The van der Waals surface area contributed by atoms with E-state index in [2.05, 4.69) is 11.2 Å². The second-order valence-corrected chi connectivity index (χ2v) is 4.85. The highest BCUT2D eigenvalue weighted by Gasteiger charge is 2.16. The maximum atomic E-state index is 5.65. The van der Waals surface area contributed by atoms with Crippen LogP contribution in [0.1, 0.15) is 19.3 Å². The minimum Gasteiger partial charge on any atom is -0.330 e. The maximum Gasteiger partial charge on any atom is -0.00109 e. The van der Waals surface area contributed by atoms with E-state index in [1.54, 1.807) is 0 Å². The molecule has 2 nitrogen and oxygen atoms in total. The number of piperidine rings is 1. The third kappa shape index (κ3) is 4.34. The monoisotopic (exact) mass is 202 g/mol. The molecule has 2 N–H and O–H groups in total. The molecule has 0 bridgehead atoms. The molecule has 1 aliphatic heterocycles. The lowest BCUT2D eigenvalue weighted by atomic mass is 9.97. The molecule has 1 rings (SSSR count). The third-order valence-electron chi connectivity index (χ3n) is 2.86.